The summed E-state index contributed by atoms with van der Waals surface area (Å²) < 4.78 is 2.08. The smallest absolute Gasteiger partial charge is 0.332 e. The van der Waals surface area contributed by atoms with E-state index in [0.29, 0.717) is 9.82 Å². The molecule has 2 rings (SSSR count). The maximum atomic E-state index is 10.8. The van der Waals surface area contributed by atoms with Gasteiger partial charge in [0.2, 0.25) is 4.80 Å². The van der Waals surface area contributed by atoms with Gasteiger partial charge in [0.1, 0.15) is 0 Å². The van der Waals surface area contributed by atoms with Crippen LogP contribution in [0.1, 0.15) is 19.8 Å². The van der Waals surface area contributed by atoms with Crippen LogP contribution in [0.2, 0.25) is 5.02 Å². The van der Waals surface area contributed by atoms with Crippen molar-refractivity contribution in [2.75, 3.05) is 0 Å². The monoisotopic (exact) mass is 324 g/mol. The molecule has 0 spiro atoms. The largest absolute Gasteiger partial charge is 0.350 e. The lowest BCUT2D eigenvalue weighted by Gasteiger charge is -2.08. The summed E-state index contributed by atoms with van der Waals surface area (Å²) in [5.74, 6) is 0. The molecule has 112 valence electrons. The summed E-state index contributed by atoms with van der Waals surface area (Å²) in [6, 6.07) is 6.99. The number of hydrogen-bond acceptors (Lipinski definition) is 3. The van der Waals surface area contributed by atoms with Crippen LogP contribution in [0.4, 0.5) is 4.79 Å². The Hall–Kier alpha value is -1.79. The lowest BCUT2D eigenvalue weighted by molar-refractivity contribution is 0.249. The minimum Gasteiger partial charge on any atom is -0.350 e. The van der Waals surface area contributed by atoms with Crippen molar-refractivity contribution < 1.29 is 4.79 Å². The molecule has 0 aliphatic rings. The van der Waals surface area contributed by atoms with Gasteiger partial charge in [0, 0.05) is 16.9 Å². The minimum absolute atomic E-state index is 0.668. The molecule has 1 aromatic carbocycles. The van der Waals surface area contributed by atoms with Gasteiger partial charge in [-0.2, -0.15) is 0 Å². The number of hydrogen-bond donors (Lipinski definition) is 2. The van der Waals surface area contributed by atoms with Crippen LogP contribution in [0.15, 0.2) is 34.7 Å². The van der Waals surface area contributed by atoms with Gasteiger partial charge < -0.3 is 10.3 Å². The molecule has 1 heterocycles. The summed E-state index contributed by atoms with van der Waals surface area (Å²) in [4.78, 5) is 11.5. The molecule has 2 amide bonds. The minimum atomic E-state index is -0.668. The van der Waals surface area contributed by atoms with E-state index in [9.17, 15) is 4.79 Å². The highest BCUT2D eigenvalue weighted by Crippen LogP contribution is 2.22. The molecule has 0 unspecified atom stereocenters. The highest BCUT2D eigenvalue weighted by molar-refractivity contribution is 7.07. The van der Waals surface area contributed by atoms with Crippen LogP contribution in [0.5, 0.6) is 0 Å². The quantitative estimate of drug-likeness (QED) is 0.815. The summed E-state index contributed by atoms with van der Waals surface area (Å²) in [6.45, 7) is 2.96. The van der Waals surface area contributed by atoms with Crippen LogP contribution in [0.3, 0.4) is 0 Å². The van der Waals surface area contributed by atoms with Crippen molar-refractivity contribution in [3.05, 3.63) is 39.5 Å². The molecule has 0 atom stereocenters. The molecular formula is C14H17ClN4OS. The number of halogens is 1. The molecule has 0 bridgehead atoms. The first-order valence-electron chi connectivity index (χ1n) is 6.65. The Kier molecular flexibility index (Phi) is 5.41. The van der Waals surface area contributed by atoms with E-state index in [-0.39, 0.29) is 0 Å². The summed E-state index contributed by atoms with van der Waals surface area (Å²) in [5.41, 5.74) is 9.46. The fraction of sp³-hybridized carbons (Fsp3) is 0.286. The van der Waals surface area contributed by atoms with Gasteiger partial charge in [0.15, 0.2) is 0 Å². The summed E-state index contributed by atoms with van der Waals surface area (Å²) in [6.07, 6.45) is 2.10. The average Bonchev–Trinajstić information content (AvgIpc) is 2.86. The first kappa shape index (κ1) is 15.6. The SMILES string of the molecule is CCCCn1c(-c2ccc(Cl)cc2)cs/c1=N\NC(N)=O. The number of amides is 2. The molecule has 7 heteroatoms. The molecule has 0 aliphatic carbocycles. The van der Waals surface area contributed by atoms with Crippen LogP contribution >= 0.6 is 22.9 Å². The van der Waals surface area contributed by atoms with E-state index >= 15 is 0 Å². The number of thiazole rings is 1. The molecule has 0 saturated carbocycles. The Morgan fingerprint density at radius 2 is 2.14 bits per heavy atom. The highest BCUT2D eigenvalue weighted by Gasteiger charge is 2.08. The average molecular weight is 325 g/mol. The summed E-state index contributed by atoms with van der Waals surface area (Å²) in [7, 11) is 0. The number of benzene rings is 1. The third-order valence-corrected chi connectivity index (χ3v) is 4.05. The number of primary amides is 1. The van der Waals surface area contributed by atoms with E-state index in [1.165, 1.54) is 11.3 Å². The molecule has 0 saturated heterocycles. The molecule has 0 aliphatic heterocycles. The predicted octanol–water partition coefficient (Wildman–Crippen LogP) is 3.15. The third kappa shape index (κ3) is 4.09. The van der Waals surface area contributed by atoms with Crippen molar-refractivity contribution in [2.45, 2.75) is 26.3 Å². The Balaban J connectivity index is 2.43. The van der Waals surface area contributed by atoms with Gasteiger partial charge in [-0.3, -0.25) is 0 Å². The Labute approximate surface area is 132 Å². The second-order valence-corrected chi connectivity index (χ2v) is 5.78. The van der Waals surface area contributed by atoms with E-state index in [2.05, 4.69) is 22.0 Å². The van der Waals surface area contributed by atoms with Gasteiger partial charge in [-0.05, 0) is 24.1 Å². The number of carbonyl (C=O) groups is 1. The number of aromatic nitrogens is 1. The Bertz CT molecular complexity index is 675. The number of nitrogens with zero attached hydrogens (tertiary/aromatic N) is 2. The van der Waals surface area contributed by atoms with Crippen molar-refractivity contribution >= 4 is 29.0 Å². The zero-order chi connectivity index (χ0) is 15.2. The second-order valence-electron chi connectivity index (χ2n) is 4.50. The zero-order valence-corrected chi connectivity index (χ0v) is 13.2. The van der Waals surface area contributed by atoms with Crippen LogP contribution in [0.25, 0.3) is 11.3 Å². The zero-order valence-electron chi connectivity index (χ0n) is 11.7. The molecule has 1 aromatic heterocycles. The van der Waals surface area contributed by atoms with Gasteiger partial charge in [0.25, 0.3) is 0 Å². The first-order chi connectivity index (χ1) is 10.1. The highest BCUT2D eigenvalue weighted by atomic mass is 35.5. The molecule has 0 fully saturated rings. The number of unbranched alkanes of at least 4 members (excludes halogenated alkanes) is 1. The maximum absolute atomic E-state index is 10.8. The lowest BCUT2D eigenvalue weighted by Crippen LogP contribution is -2.28. The topological polar surface area (TPSA) is 72.4 Å². The number of nitrogens with one attached hydrogen (secondary N) is 1. The molecule has 3 N–H and O–H groups in total. The van der Waals surface area contributed by atoms with Crippen LogP contribution in [-0.2, 0) is 6.54 Å². The standard InChI is InChI=1S/C14H17ClN4OS/c1-2-3-8-19-12(10-4-6-11(15)7-5-10)9-21-14(19)18-17-13(16)20/h4-7,9H,2-3,8H2,1H3,(H3,16,17,20)/b18-14-. The fourth-order valence-corrected chi connectivity index (χ4v) is 2.93. The van der Waals surface area contributed by atoms with Gasteiger partial charge in [-0.25, -0.2) is 10.2 Å². The number of nitrogens with two attached hydrogens (primary N) is 1. The predicted molar refractivity (Wildman–Crippen MR) is 85.9 cm³/mol. The van der Waals surface area contributed by atoms with Crippen LogP contribution in [0, 0.1) is 0 Å². The first-order valence-corrected chi connectivity index (χ1v) is 7.91. The third-order valence-electron chi connectivity index (χ3n) is 2.93. The van der Waals surface area contributed by atoms with Gasteiger partial charge in [-0.1, -0.05) is 37.1 Å². The number of urea groups is 1. The second kappa shape index (κ2) is 7.28. The van der Waals surface area contributed by atoms with Crippen molar-refractivity contribution in [3.8, 4) is 11.3 Å². The van der Waals surface area contributed by atoms with Crippen molar-refractivity contribution in [1.29, 1.82) is 0 Å². The molecular weight excluding hydrogens is 308 g/mol. The molecule has 0 radical (unpaired) electrons. The van der Waals surface area contributed by atoms with Crippen LogP contribution in [-0.4, -0.2) is 10.6 Å². The normalized spacial score (nSPS) is 11.6. The van der Waals surface area contributed by atoms with Gasteiger partial charge in [-0.15, -0.1) is 16.4 Å². The van der Waals surface area contributed by atoms with Crippen molar-refractivity contribution in [1.82, 2.24) is 9.99 Å². The Morgan fingerprint density at radius 3 is 2.76 bits per heavy atom. The van der Waals surface area contributed by atoms with Crippen LogP contribution < -0.4 is 16.0 Å². The van der Waals surface area contributed by atoms with E-state index < -0.39 is 6.03 Å². The van der Waals surface area contributed by atoms with E-state index in [4.69, 9.17) is 17.3 Å². The number of rotatable bonds is 5. The van der Waals surface area contributed by atoms with E-state index in [1.54, 1.807) is 0 Å². The molecule has 21 heavy (non-hydrogen) atoms. The fourth-order valence-electron chi connectivity index (χ4n) is 1.91. The lowest BCUT2D eigenvalue weighted by atomic mass is 10.1. The number of carbonyl (C=O) groups excluding carboxylic acids is 1. The molecule has 2 aromatic rings. The Morgan fingerprint density at radius 1 is 1.43 bits per heavy atom. The summed E-state index contributed by atoms with van der Waals surface area (Å²) >= 11 is 7.39. The van der Waals surface area contributed by atoms with Crippen molar-refractivity contribution in [3.63, 3.8) is 0 Å². The van der Waals surface area contributed by atoms with Gasteiger partial charge in [0.05, 0.1) is 5.69 Å². The maximum Gasteiger partial charge on any atom is 0.332 e. The van der Waals surface area contributed by atoms with Gasteiger partial charge >= 0.3 is 6.03 Å². The van der Waals surface area contributed by atoms with Crippen molar-refractivity contribution in [2.24, 2.45) is 10.8 Å². The van der Waals surface area contributed by atoms with E-state index in [1.807, 2.05) is 29.6 Å². The van der Waals surface area contributed by atoms with E-state index in [0.717, 1.165) is 30.6 Å². The molecule has 5 nitrogen and oxygen atoms in total. The summed E-state index contributed by atoms with van der Waals surface area (Å²) in [5, 5.41) is 6.77.